The lowest BCUT2D eigenvalue weighted by atomic mass is 10.2. The van der Waals surface area contributed by atoms with E-state index < -0.39 is 38.2 Å². The van der Waals surface area contributed by atoms with Crippen molar-refractivity contribution < 1.29 is 31.5 Å². The SMILES string of the molecule is O=C(O)CCCS(=O)(=O)c1cccc(C(F)(F)F)c1. The lowest BCUT2D eigenvalue weighted by Crippen LogP contribution is -2.11. The molecule has 1 rings (SSSR count). The van der Waals surface area contributed by atoms with E-state index in [1.807, 2.05) is 0 Å². The first-order valence-electron chi connectivity index (χ1n) is 5.25. The van der Waals surface area contributed by atoms with E-state index in [4.69, 9.17) is 5.11 Å². The number of hydrogen-bond donors (Lipinski definition) is 1. The van der Waals surface area contributed by atoms with Gasteiger partial charge in [0.05, 0.1) is 16.2 Å². The van der Waals surface area contributed by atoms with Crippen LogP contribution in [-0.4, -0.2) is 25.2 Å². The second kappa shape index (κ2) is 5.60. The van der Waals surface area contributed by atoms with Crippen molar-refractivity contribution in [1.82, 2.24) is 0 Å². The number of carbonyl (C=O) groups is 1. The minimum Gasteiger partial charge on any atom is -0.481 e. The molecule has 1 N–H and O–H groups in total. The zero-order valence-corrected chi connectivity index (χ0v) is 10.5. The van der Waals surface area contributed by atoms with Crippen LogP contribution in [0.3, 0.4) is 0 Å². The van der Waals surface area contributed by atoms with Gasteiger partial charge in [-0.2, -0.15) is 13.2 Å². The van der Waals surface area contributed by atoms with Gasteiger partial charge >= 0.3 is 12.1 Å². The Morgan fingerprint density at radius 3 is 2.42 bits per heavy atom. The zero-order valence-electron chi connectivity index (χ0n) is 9.64. The van der Waals surface area contributed by atoms with E-state index in [2.05, 4.69) is 0 Å². The summed E-state index contributed by atoms with van der Waals surface area (Å²) in [5.74, 6) is -1.65. The topological polar surface area (TPSA) is 71.4 Å². The molecule has 0 aliphatic carbocycles. The van der Waals surface area contributed by atoms with Crippen LogP contribution in [-0.2, 0) is 20.8 Å². The molecule has 0 heterocycles. The minimum absolute atomic E-state index is 0.145. The molecule has 0 saturated carbocycles. The molecule has 19 heavy (non-hydrogen) atoms. The summed E-state index contributed by atoms with van der Waals surface area (Å²) in [6.07, 6.45) is -5.11. The van der Waals surface area contributed by atoms with Gasteiger partial charge in [0.15, 0.2) is 9.84 Å². The van der Waals surface area contributed by atoms with E-state index in [0.717, 1.165) is 18.2 Å². The molecule has 0 atom stereocenters. The summed E-state index contributed by atoms with van der Waals surface area (Å²) in [6.45, 7) is 0. The highest BCUT2D eigenvalue weighted by Gasteiger charge is 2.31. The van der Waals surface area contributed by atoms with Gasteiger partial charge in [-0.3, -0.25) is 4.79 Å². The van der Waals surface area contributed by atoms with Crippen LogP contribution < -0.4 is 0 Å². The Labute approximate surface area is 107 Å². The van der Waals surface area contributed by atoms with E-state index in [9.17, 15) is 26.4 Å². The Morgan fingerprint density at radius 1 is 1.26 bits per heavy atom. The second-order valence-corrected chi connectivity index (χ2v) is 5.95. The van der Waals surface area contributed by atoms with Gasteiger partial charge in [0, 0.05) is 6.42 Å². The third kappa shape index (κ3) is 4.55. The van der Waals surface area contributed by atoms with Crippen LogP contribution >= 0.6 is 0 Å². The highest BCUT2D eigenvalue weighted by atomic mass is 32.2. The fourth-order valence-corrected chi connectivity index (χ4v) is 2.75. The fourth-order valence-electron chi connectivity index (χ4n) is 1.40. The maximum absolute atomic E-state index is 12.4. The average molecular weight is 296 g/mol. The van der Waals surface area contributed by atoms with Crippen LogP contribution in [0, 0.1) is 0 Å². The van der Waals surface area contributed by atoms with E-state index in [-0.39, 0.29) is 12.8 Å². The predicted molar refractivity (Wildman–Crippen MR) is 60.4 cm³/mol. The van der Waals surface area contributed by atoms with Gasteiger partial charge < -0.3 is 5.11 Å². The van der Waals surface area contributed by atoms with E-state index in [1.54, 1.807) is 0 Å². The molecule has 0 unspecified atom stereocenters. The molecule has 0 amide bonds. The van der Waals surface area contributed by atoms with Gasteiger partial charge in [-0.25, -0.2) is 8.42 Å². The molecule has 1 aromatic rings. The van der Waals surface area contributed by atoms with Crippen LogP contribution in [0.4, 0.5) is 13.2 Å². The third-order valence-electron chi connectivity index (χ3n) is 2.32. The van der Waals surface area contributed by atoms with Crippen molar-refractivity contribution in [1.29, 1.82) is 0 Å². The Bertz CT molecular complexity index is 564. The van der Waals surface area contributed by atoms with Crippen molar-refractivity contribution in [3.05, 3.63) is 29.8 Å². The molecule has 0 radical (unpaired) electrons. The van der Waals surface area contributed by atoms with Crippen molar-refractivity contribution in [2.45, 2.75) is 23.9 Å². The van der Waals surface area contributed by atoms with Gasteiger partial charge in [0.2, 0.25) is 0 Å². The molecule has 0 aromatic heterocycles. The Hall–Kier alpha value is -1.57. The summed E-state index contributed by atoms with van der Waals surface area (Å²) in [7, 11) is -3.90. The number of rotatable bonds is 5. The number of sulfone groups is 1. The van der Waals surface area contributed by atoms with Crippen molar-refractivity contribution in [2.24, 2.45) is 0 Å². The lowest BCUT2D eigenvalue weighted by Gasteiger charge is -2.09. The summed E-state index contributed by atoms with van der Waals surface area (Å²) in [4.78, 5) is 9.81. The predicted octanol–water partition coefficient (Wildman–Crippen LogP) is 2.34. The number of halogens is 3. The molecule has 0 bridgehead atoms. The summed E-state index contributed by atoms with van der Waals surface area (Å²) in [5.41, 5.74) is -1.05. The van der Waals surface area contributed by atoms with Crippen molar-refractivity contribution in [2.75, 3.05) is 5.75 Å². The molecule has 8 heteroatoms. The zero-order chi connectivity index (χ0) is 14.7. The largest absolute Gasteiger partial charge is 0.481 e. The molecule has 1 aromatic carbocycles. The van der Waals surface area contributed by atoms with Gasteiger partial charge in [-0.05, 0) is 24.6 Å². The van der Waals surface area contributed by atoms with Gasteiger partial charge in [-0.15, -0.1) is 0 Å². The smallest absolute Gasteiger partial charge is 0.416 e. The summed E-state index contributed by atoms with van der Waals surface area (Å²) in [5, 5.41) is 8.39. The lowest BCUT2D eigenvalue weighted by molar-refractivity contribution is -0.138. The minimum atomic E-state index is -4.62. The Balaban J connectivity index is 2.93. The maximum atomic E-state index is 12.4. The summed E-state index contributed by atoms with van der Waals surface area (Å²) < 4.78 is 60.8. The number of hydrogen-bond acceptors (Lipinski definition) is 3. The van der Waals surface area contributed by atoms with Crippen LogP contribution in [0.1, 0.15) is 18.4 Å². The second-order valence-electron chi connectivity index (χ2n) is 3.84. The number of carboxylic acids is 1. The Kier molecular flexibility index (Phi) is 4.56. The standard InChI is InChI=1S/C11H11F3O4S/c12-11(13,14)8-3-1-4-9(7-8)19(17,18)6-2-5-10(15)16/h1,3-4,7H,2,5-6H2,(H,15,16). The first-order chi connectivity index (χ1) is 8.63. The monoisotopic (exact) mass is 296 g/mol. The first-order valence-corrected chi connectivity index (χ1v) is 6.90. The number of benzene rings is 1. The molecule has 106 valence electrons. The summed E-state index contributed by atoms with van der Waals surface area (Å²) in [6, 6.07) is 3.39. The van der Waals surface area contributed by atoms with Crippen molar-refractivity contribution in [3.63, 3.8) is 0 Å². The molecule has 0 fully saturated rings. The van der Waals surface area contributed by atoms with E-state index >= 15 is 0 Å². The molecular weight excluding hydrogens is 285 g/mol. The highest BCUT2D eigenvalue weighted by Crippen LogP contribution is 2.30. The highest BCUT2D eigenvalue weighted by molar-refractivity contribution is 7.91. The maximum Gasteiger partial charge on any atom is 0.416 e. The number of alkyl halides is 3. The Morgan fingerprint density at radius 2 is 1.89 bits per heavy atom. The molecular formula is C11H11F3O4S. The molecule has 0 aliphatic heterocycles. The fraction of sp³-hybridized carbons (Fsp3) is 0.364. The first kappa shape index (κ1) is 15.5. The van der Waals surface area contributed by atoms with Crippen LogP contribution in [0.25, 0.3) is 0 Å². The van der Waals surface area contributed by atoms with Crippen LogP contribution in [0.2, 0.25) is 0 Å². The molecule has 4 nitrogen and oxygen atoms in total. The van der Waals surface area contributed by atoms with E-state index in [1.165, 1.54) is 0 Å². The van der Waals surface area contributed by atoms with Crippen LogP contribution in [0.15, 0.2) is 29.2 Å². The van der Waals surface area contributed by atoms with Crippen molar-refractivity contribution in [3.8, 4) is 0 Å². The van der Waals surface area contributed by atoms with Gasteiger partial charge in [0.25, 0.3) is 0 Å². The van der Waals surface area contributed by atoms with Gasteiger partial charge in [-0.1, -0.05) is 6.07 Å². The van der Waals surface area contributed by atoms with Crippen molar-refractivity contribution >= 4 is 15.8 Å². The van der Waals surface area contributed by atoms with E-state index in [0.29, 0.717) is 6.07 Å². The number of carboxylic acid groups (broad SMARTS) is 1. The quantitative estimate of drug-likeness (QED) is 0.905. The molecule has 0 aliphatic rings. The number of aliphatic carboxylic acids is 1. The normalized spacial score (nSPS) is 12.4. The summed E-state index contributed by atoms with van der Waals surface area (Å²) >= 11 is 0. The van der Waals surface area contributed by atoms with Gasteiger partial charge in [0.1, 0.15) is 0 Å². The van der Waals surface area contributed by atoms with Crippen LogP contribution in [0.5, 0.6) is 0 Å². The average Bonchev–Trinajstić information content (AvgIpc) is 2.27. The third-order valence-corrected chi connectivity index (χ3v) is 4.12. The molecule has 0 spiro atoms. The molecule has 0 saturated heterocycles.